The lowest BCUT2D eigenvalue weighted by Gasteiger charge is -2.16. The molecule has 0 nitrogen and oxygen atoms in total. The van der Waals surface area contributed by atoms with Crippen LogP contribution in [0.25, 0.3) is 298 Å². The van der Waals surface area contributed by atoms with Crippen LogP contribution >= 0.6 is 56.7 Å². The standard InChI is InChI=1S/C60H36.C42H24S3.C36H22S2/c1-4-19-49-43(13-1)46-16-7-10-22-52(46)58-34-37(25-28-55(49)58)40-31-41(38-26-29-56-50-20-5-2-14-44(50)47-17-8-11-23-53(47)59(56)35-38)33-42(32-40)39-27-30-57-51-21-6-3-15-45(51)48-18-9-12-24-54(48)60(57)36-39;1-4-19-37-31(10-1)34-16-7-13-28(40(34)43-37)25-22-26(29-14-8-17-35-32-11-2-5-20-38(32)44-41(29)35)24-27(23-25)30-15-9-18-36-33-12-3-6-21-39(33)45-42(30)36;1-3-19-33-29(13-1)31-17-7-15-27(35(31)37-33)25-11-5-9-23(21-25)24-10-6-12-26(22-24)28-16-8-18-32-30-14-2-4-20-34(30)38-36(28)32/h1-36H;1-24H;1-22H. The van der Waals surface area contributed by atoms with Crippen LogP contribution in [0.4, 0.5) is 0 Å². The maximum atomic E-state index is 2.42. The third kappa shape index (κ3) is 13.9. The minimum absolute atomic E-state index is 1.20. The van der Waals surface area contributed by atoms with Crippen molar-refractivity contribution in [3.63, 3.8) is 0 Å². The highest BCUT2D eigenvalue weighted by atomic mass is 32.1. The molecule has 143 heavy (non-hydrogen) atoms. The van der Waals surface area contributed by atoms with Crippen molar-refractivity contribution in [2.45, 2.75) is 0 Å². The average molecular weight is 1900 g/mol. The summed E-state index contributed by atoms with van der Waals surface area (Å²) in [5, 5.41) is 36.5. The fraction of sp³-hybridized carbons (Fsp3) is 0. The Kier molecular flexibility index (Phi) is 19.8. The molecule has 0 aliphatic rings. The van der Waals surface area contributed by atoms with Gasteiger partial charge in [0.25, 0.3) is 0 Å². The first-order valence-corrected chi connectivity index (χ1v) is 53.0. The first kappa shape index (κ1) is 83.2. The molecule has 5 aromatic heterocycles. The smallest absolute Gasteiger partial charge is 0.0433 e. The van der Waals surface area contributed by atoms with Gasteiger partial charge >= 0.3 is 0 Å². The van der Waals surface area contributed by atoms with E-state index in [1.807, 2.05) is 56.7 Å². The second kappa shape index (κ2) is 34.0. The largest absolute Gasteiger partial charge is 0.135 e. The molecule has 0 spiro atoms. The Balaban J connectivity index is 0.000000105. The average Bonchev–Trinajstić information content (AvgIpc) is 1.71. The van der Waals surface area contributed by atoms with Gasteiger partial charge in [-0.2, -0.15) is 0 Å². The van der Waals surface area contributed by atoms with E-state index >= 15 is 0 Å². The van der Waals surface area contributed by atoms with Crippen LogP contribution in [0.2, 0.25) is 0 Å². The van der Waals surface area contributed by atoms with E-state index in [0.29, 0.717) is 0 Å². The normalized spacial score (nSPS) is 11.9. The van der Waals surface area contributed by atoms with E-state index in [2.05, 4.69) is 497 Å². The lowest BCUT2D eigenvalue weighted by Crippen LogP contribution is -1.89. The maximum absolute atomic E-state index is 2.42. The Bertz CT molecular complexity index is 9740. The summed E-state index contributed by atoms with van der Waals surface area (Å²) in [6, 6.07) is 185. The summed E-state index contributed by atoms with van der Waals surface area (Å²) >= 11 is 9.48. The van der Waals surface area contributed by atoms with Crippen molar-refractivity contribution in [3.8, 4) is 100 Å². The fourth-order valence-electron chi connectivity index (χ4n) is 23.1. The number of fused-ring (bicyclic) bond motifs is 33. The third-order valence-electron chi connectivity index (χ3n) is 29.7. The van der Waals surface area contributed by atoms with Gasteiger partial charge in [0.2, 0.25) is 0 Å². The van der Waals surface area contributed by atoms with Crippen LogP contribution in [0, 0.1) is 0 Å². The SMILES string of the molecule is c1cc(-c2cccc(-c3cccc4c3sc3ccccc34)c2)cc(-c2cccc3c2sc2ccccc23)c1.c1ccc2c(c1)c1ccccc1c1cc(-c3cc(-c4ccc5c6ccccc6c6ccccc6c5c4)cc(-c4ccc5c6ccccc6c6ccccc6c5c4)c3)ccc21.c1ccc2c(c1)sc1c(-c3cc(-c4cccc5c4sc4ccccc45)cc(-c4cccc5c4sc4ccccc45)c3)cccc12. The molecule has 26 aromatic carbocycles. The van der Waals surface area contributed by atoms with E-state index < -0.39 is 0 Å². The zero-order chi connectivity index (χ0) is 93.8. The summed E-state index contributed by atoms with van der Waals surface area (Å²) < 4.78 is 13.4. The molecule has 0 N–H and O–H groups in total. The predicted molar refractivity (Wildman–Crippen MR) is 630 cm³/mol. The van der Waals surface area contributed by atoms with Crippen molar-refractivity contribution in [3.05, 3.63) is 497 Å². The molecule has 0 aliphatic heterocycles. The number of thiophene rings is 5. The van der Waals surface area contributed by atoms with Crippen LogP contribution in [-0.4, -0.2) is 0 Å². The lowest BCUT2D eigenvalue weighted by atomic mass is 9.88. The van der Waals surface area contributed by atoms with E-state index in [0.717, 1.165) is 0 Å². The molecule has 0 radical (unpaired) electrons. The number of rotatable bonds is 9. The minimum atomic E-state index is 1.20. The van der Waals surface area contributed by atoms with Crippen molar-refractivity contribution in [2.75, 3.05) is 0 Å². The summed E-state index contributed by atoms with van der Waals surface area (Å²) in [6.45, 7) is 0. The van der Waals surface area contributed by atoms with E-state index in [-0.39, 0.29) is 0 Å². The molecule has 5 heteroatoms. The summed E-state index contributed by atoms with van der Waals surface area (Å²) in [5.74, 6) is 0. The third-order valence-corrected chi connectivity index (χ3v) is 35.8. The molecule has 5 heterocycles. The van der Waals surface area contributed by atoms with Crippen molar-refractivity contribution in [1.29, 1.82) is 0 Å². The summed E-state index contributed by atoms with van der Waals surface area (Å²) in [4.78, 5) is 0. The highest BCUT2D eigenvalue weighted by Gasteiger charge is 2.23. The molecule has 0 bridgehead atoms. The van der Waals surface area contributed by atoms with Crippen LogP contribution in [-0.2, 0) is 0 Å². The van der Waals surface area contributed by atoms with Crippen LogP contribution in [0.15, 0.2) is 497 Å². The Morgan fingerprint density at radius 2 is 0.238 bits per heavy atom. The molecule has 0 amide bonds. The zero-order valence-corrected chi connectivity index (χ0v) is 81.5. The summed E-state index contributed by atoms with van der Waals surface area (Å²) in [6.07, 6.45) is 0. The van der Waals surface area contributed by atoms with Gasteiger partial charge in [0.15, 0.2) is 0 Å². The van der Waals surface area contributed by atoms with Gasteiger partial charge in [-0.15, -0.1) is 56.7 Å². The fourth-order valence-corrected chi connectivity index (χ4v) is 29.3. The molecule has 0 atom stereocenters. The van der Waals surface area contributed by atoms with Gasteiger partial charge in [0.1, 0.15) is 0 Å². The second-order valence-corrected chi connectivity index (χ2v) is 43.0. The molecule has 0 saturated heterocycles. The molecule has 664 valence electrons. The molecular formula is C138H82S5. The Morgan fingerprint density at radius 1 is 0.0839 bits per heavy atom. The molecule has 0 aliphatic carbocycles. The first-order chi connectivity index (χ1) is 70.9. The minimum Gasteiger partial charge on any atom is -0.135 e. The Labute approximate surface area is 844 Å². The van der Waals surface area contributed by atoms with Crippen LogP contribution < -0.4 is 0 Å². The topological polar surface area (TPSA) is 0 Å². The first-order valence-electron chi connectivity index (χ1n) is 48.9. The molecular weight excluding hydrogens is 1820 g/mol. The van der Waals surface area contributed by atoms with Crippen LogP contribution in [0.1, 0.15) is 0 Å². The van der Waals surface area contributed by atoms with Crippen molar-refractivity contribution < 1.29 is 0 Å². The quantitative estimate of drug-likeness (QED) is 0.126. The van der Waals surface area contributed by atoms with Crippen molar-refractivity contribution >= 4 is 254 Å². The van der Waals surface area contributed by atoms with Crippen LogP contribution in [0.3, 0.4) is 0 Å². The van der Waals surface area contributed by atoms with E-state index in [4.69, 9.17) is 0 Å². The van der Waals surface area contributed by atoms with Crippen LogP contribution in [0.5, 0.6) is 0 Å². The van der Waals surface area contributed by atoms with Gasteiger partial charge in [-0.05, 0) is 294 Å². The van der Waals surface area contributed by atoms with Gasteiger partial charge in [-0.25, -0.2) is 0 Å². The lowest BCUT2D eigenvalue weighted by molar-refractivity contribution is 1.60. The van der Waals surface area contributed by atoms with Gasteiger partial charge in [-0.3, -0.25) is 0 Å². The second-order valence-electron chi connectivity index (χ2n) is 37.7. The van der Waals surface area contributed by atoms with E-state index in [1.54, 1.807) is 0 Å². The Morgan fingerprint density at radius 3 is 0.469 bits per heavy atom. The van der Waals surface area contributed by atoms with Crippen molar-refractivity contribution in [2.24, 2.45) is 0 Å². The zero-order valence-electron chi connectivity index (χ0n) is 77.4. The predicted octanol–water partition coefficient (Wildman–Crippen LogP) is 42.3. The summed E-state index contributed by atoms with van der Waals surface area (Å²) in [7, 11) is 0. The number of benzene rings is 26. The summed E-state index contributed by atoms with van der Waals surface area (Å²) in [5.41, 5.74) is 22.5. The molecule has 31 aromatic rings. The monoisotopic (exact) mass is 1900 g/mol. The van der Waals surface area contributed by atoms with Gasteiger partial charge in [-0.1, -0.05) is 400 Å². The van der Waals surface area contributed by atoms with Gasteiger partial charge in [0, 0.05) is 101 Å². The molecule has 0 saturated carbocycles. The highest BCUT2D eigenvalue weighted by Crippen LogP contribution is 2.52. The number of hydrogen-bond acceptors (Lipinski definition) is 5. The van der Waals surface area contributed by atoms with Gasteiger partial charge < -0.3 is 0 Å². The molecule has 0 fully saturated rings. The Hall–Kier alpha value is -16.8. The maximum Gasteiger partial charge on any atom is 0.0433 e. The van der Waals surface area contributed by atoms with E-state index in [1.165, 1.54) is 298 Å². The molecule has 31 rings (SSSR count). The van der Waals surface area contributed by atoms with E-state index in [9.17, 15) is 0 Å². The number of hydrogen-bond donors (Lipinski definition) is 0. The highest BCUT2D eigenvalue weighted by molar-refractivity contribution is 7.28. The van der Waals surface area contributed by atoms with Crippen molar-refractivity contribution in [1.82, 2.24) is 0 Å². The van der Waals surface area contributed by atoms with Gasteiger partial charge in [0.05, 0.1) is 0 Å². The molecule has 0 unspecified atom stereocenters.